The summed E-state index contributed by atoms with van der Waals surface area (Å²) >= 11 is 0. The number of nitrogens with two attached hydrogens (primary N) is 1. The van der Waals surface area contributed by atoms with Gasteiger partial charge in [-0.25, -0.2) is 13.6 Å². The van der Waals surface area contributed by atoms with Crippen LogP contribution in [0.15, 0.2) is 29.2 Å². The highest BCUT2D eigenvalue weighted by molar-refractivity contribution is 7.89. The van der Waals surface area contributed by atoms with Gasteiger partial charge >= 0.3 is 0 Å². The number of primary sulfonamides is 1. The topological polar surface area (TPSA) is 80.5 Å². The van der Waals surface area contributed by atoms with Crippen molar-refractivity contribution in [3.63, 3.8) is 0 Å². The summed E-state index contributed by atoms with van der Waals surface area (Å²) in [5, 5.41) is 5.06. The molecule has 1 amide bonds. The molecule has 2 N–H and O–H groups in total. The zero-order chi connectivity index (χ0) is 14.9. The number of rotatable bonds is 4. The molecule has 1 aliphatic carbocycles. The highest BCUT2D eigenvalue weighted by Crippen LogP contribution is 2.31. The summed E-state index contributed by atoms with van der Waals surface area (Å²) in [7, 11) is -1.88. The minimum Gasteiger partial charge on any atom is -0.339 e. The average molecular weight is 296 g/mol. The van der Waals surface area contributed by atoms with E-state index in [9.17, 15) is 13.2 Å². The van der Waals surface area contributed by atoms with Gasteiger partial charge in [0.25, 0.3) is 0 Å². The van der Waals surface area contributed by atoms with E-state index in [2.05, 4.69) is 0 Å². The van der Waals surface area contributed by atoms with Crippen LogP contribution in [-0.2, 0) is 14.8 Å². The molecule has 1 aliphatic rings. The SMILES string of the molecule is CC(c1ccc(S(N)(=O)=O)cc1)N(C)C(=O)C1CCC1. The minimum absolute atomic E-state index is 0.0847. The fourth-order valence-electron chi connectivity index (χ4n) is 2.29. The van der Waals surface area contributed by atoms with E-state index in [4.69, 9.17) is 5.14 Å². The third kappa shape index (κ3) is 3.02. The molecular weight excluding hydrogens is 276 g/mol. The Morgan fingerprint density at radius 2 is 1.85 bits per heavy atom. The molecule has 0 heterocycles. The number of amides is 1. The van der Waals surface area contributed by atoms with Gasteiger partial charge in [-0.05, 0) is 37.5 Å². The maximum atomic E-state index is 12.2. The van der Waals surface area contributed by atoms with Gasteiger partial charge in [0.2, 0.25) is 15.9 Å². The number of benzene rings is 1. The van der Waals surface area contributed by atoms with Crippen LogP contribution in [0.1, 0.15) is 37.8 Å². The molecule has 0 bridgehead atoms. The van der Waals surface area contributed by atoms with Crippen molar-refractivity contribution >= 4 is 15.9 Å². The molecule has 110 valence electrons. The molecular formula is C14H20N2O3S. The molecule has 5 nitrogen and oxygen atoms in total. The van der Waals surface area contributed by atoms with Gasteiger partial charge in [-0.2, -0.15) is 0 Å². The van der Waals surface area contributed by atoms with E-state index in [0.717, 1.165) is 24.8 Å². The Morgan fingerprint density at radius 1 is 1.30 bits per heavy atom. The second-order valence-corrected chi connectivity index (χ2v) is 6.93. The largest absolute Gasteiger partial charge is 0.339 e. The highest BCUT2D eigenvalue weighted by atomic mass is 32.2. The quantitative estimate of drug-likeness (QED) is 0.917. The van der Waals surface area contributed by atoms with Gasteiger partial charge in [0, 0.05) is 13.0 Å². The van der Waals surface area contributed by atoms with Gasteiger partial charge in [0.15, 0.2) is 0 Å². The van der Waals surface area contributed by atoms with Crippen LogP contribution in [0.4, 0.5) is 0 Å². The first-order valence-corrected chi connectivity index (χ1v) is 8.25. The summed E-state index contributed by atoms with van der Waals surface area (Å²) in [4.78, 5) is 14.0. The van der Waals surface area contributed by atoms with Crippen molar-refractivity contribution in [3.8, 4) is 0 Å². The molecule has 0 radical (unpaired) electrons. The summed E-state index contributed by atoms with van der Waals surface area (Å²) < 4.78 is 22.4. The van der Waals surface area contributed by atoms with Crippen molar-refractivity contribution < 1.29 is 13.2 Å². The predicted molar refractivity (Wildman–Crippen MR) is 76.3 cm³/mol. The Balaban J connectivity index is 2.12. The number of carbonyl (C=O) groups is 1. The smallest absolute Gasteiger partial charge is 0.238 e. The summed E-state index contributed by atoms with van der Waals surface area (Å²) in [6, 6.07) is 6.27. The number of sulfonamides is 1. The summed E-state index contributed by atoms with van der Waals surface area (Å²) in [5.41, 5.74) is 0.896. The Morgan fingerprint density at radius 3 is 2.25 bits per heavy atom. The molecule has 0 saturated heterocycles. The molecule has 2 rings (SSSR count). The van der Waals surface area contributed by atoms with Crippen molar-refractivity contribution in [1.82, 2.24) is 4.90 Å². The van der Waals surface area contributed by atoms with Crippen LogP contribution in [0.2, 0.25) is 0 Å². The zero-order valence-corrected chi connectivity index (χ0v) is 12.6. The predicted octanol–water partition coefficient (Wildman–Crippen LogP) is 1.65. The maximum absolute atomic E-state index is 12.2. The monoisotopic (exact) mass is 296 g/mol. The molecule has 0 spiro atoms. The fraction of sp³-hybridized carbons (Fsp3) is 0.500. The molecule has 1 saturated carbocycles. The third-order valence-corrected chi connectivity index (χ3v) is 5.00. The van der Waals surface area contributed by atoms with Crippen LogP contribution in [-0.4, -0.2) is 26.3 Å². The second-order valence-electron chi connectivity index (χ2n) is 5.37. The lowest BCUT2D eigenvalue weighted by molar-refractivity contribution is -0.138. The standard InChI is InChI=1S/C14H20N2O3S/c1-10(16(2)14(17)12-4-3-5-12)11-6-8-13(9-7-11)20(15,18)19/h6-10,12H,3-5H2,1-2H3,(H2,15,18,19). The normalized spacial score (nSPS) is 17.4. The minimum atomic E-state index is -3.67. The molecule has 1 aromatic carbocycles. The second kappa shape index (κ2) is 5.54. The van der Waals surface area contributed by atoms with Crippen molar-refractivity contribution in [2.45, 2.75) is 37.1 Å². The molecule has 1 unspecified atom stereocenters. The van der Waals surface area contributed by atoms with E-state index >= 15 is 0 Å². The van der Waals surface area contributed by atoms with Gasteiger partial charge in [0.05, 0.1) is 10.9 Å². The lowest BCUT2D eigenvalue weighted by Gasteiger charge is -2.33. The van der Waals surface area contributed by atoms with Crippen LogP contribution < -0.4 is 5.14 Å². The molecule has 1 atom stereocenters. The lowest BCUT2D eigenvalue weighted by atomic mass is 9.84. The van der Waals surface area contributed by atoms with Crippen molar-refractivity contribution in [2.24, 2.45) is 11.1 Å². The van der Waals surface area contributed by atoms with Gasteiger partial charge in [-0.15, -0.1) is 0 Å². The first-order chi connectivity index (χ1) is 9.30. The molecule has 0 aromatic heterocycles. The van der Waals surface area contributed by atoms with Crippen molar-refractivity contribution in [3.05, 3.63) is 29.8 Å². The van der Waals surface area contributed by atoms with E-state index < -0.39 is 10.0 Å². The van der Waals surface area contributed by atoms with Crippen LogP contribution in [0, 0.1) is 5.92 Å². The van der Waals surface area contributed by atoms with E-state index in [0.29, 0.717) is 0 Å². The summed E-state index contributed by atoms with van der Waals surface area (Å²) in [5.74, 6) is 0.324. The Bertz CT molecular complexity index is 591. The molecule has 6 heteroatoms. The van der Waals surface area contributed by atoms with E-state index in [1.807, 2.05) is 6.92 Å². The highest BCUT2D eigenvalue weighted by Gasteiger charge is 2.30. The first-order valence-electron chi connectivity index (χ1n) is 6.70. The average Bonchev–Trinajstić information content (AvgIpc) is 2.34. The van der Waals surface area contributed by atoms with Gasteiger partial charge in [0.1, 0.15) is 0 Å². The Kier molecular flexibility index (Phi) is 4.15. The van der Waals surface area contributed by atoms with E-state index in [1.54, 1.807) is 24.1 Å². The Hall–Kier alpha value is -1.40. The van der Waals surface area contributed by atoms with E-state index in [-0.39, 0.29) is 22.8 Å². The lowest BCUT2D eigenvalue weighted by Crippen LogP contribution is -2.37. The van der Waals surface area contributed by atoms with Crippen molar-refractivity contribution in [2.75, 3.05) is 7.05 Å². The Labute approximate surface area is 119 Å². The first kappa shape index (κ1) is 15.0. The van der Waals surface area contributed by atoms with Crippen molar-refractivity contribution in [1.29, 1.82) is 0 Å². The molecule has 1 aromatic rings. The molecule has 1 fully saturated rings. The summed E-state index contributed by atoms with van der Waals surface area (Å²) in [6.07, 6.45) is 3.07. The number of nitrogens with zero attached hydrogens (tertiary/aromatic N) is 1. The fourth-order valence-corrected chi connectivity index (χ4v) is 2.81. The third-order valence-electron chi connectivity index (χ3n) is 4.07. The van der Waals surface area contributed by atoms with Gasteiger partial charge < -0.3 is 4.90 Å². The molecule has 0 aliphatic heterocycles. The zero-order valence-electron chi connectivity index (χ0n) is 11.7. The number of hydrogen-bond acceptors (Lipinski definition) is 3. The van der Waals surface area contributed by atoms with E-state index in [1.165, 1.54) is 12.1 Å². The maximum Gasteiger partial charge on any atom is 0.238 e. The van der Waals surface area contributed by atoms with Gasteiger partial charge in [-0.3, -0.25) is 4.79 Å². The number of carbonyl (C=O) groups excluding carboxylic acids is 1. The van der Waals surface area contributed by atoms with Crippen LogP contribution >= 0.6 is 0 Å². The summed E-state index contributed by atoms with van der Waals surface area (Å²) in [6.45, 7) is 1.93. The van der Waals surface area contributed by atoms with Crippen LogP contribution in [0.5, 0.6) is 0 Å². The van der Waals surface area contributed by atoms with Crippen LogP contribution in [0.3, 0.4) is 0 Å². The van der Waals surface area contributed by atoms with Gasteiger partial charge in [-0.1, -0.05) is 18.6 Å². The van der Waals surface area contributed by atoms with Crippen LogP contribution in [0.25, 0.3) is 0 Å². The molecule has 20 heavy (non-hydrogen) atoms. The number of hydrogen-bond donors (Lipinski definition) is 1.